The number of hydrogen-bond donors (Lipinski definition) is 2. The van der Waals surface area contributed by atoms with E-state index >= 15 is 0 Å². The van der Waals surface area contributed by atoms with Gasteiger partial charge in [-0.3, -0.25) is 9.71 Å². The molecule has 7 nitrogen and oxygen atoms in total. The molecule has 0 saturated carbocycles. The number of nitrogens with zero attached hydrogens (tertiary/aromatic N) is 3. The summed E-state index contributed by atoms with van der Waals surface area (Å²) in [4.78, 5) is 6.72. The second-order valence-electron chi connectivity index (χ2n) is 8.71. The minimum atomic E-state index is -3.35. The smallest absolute Gasteiger partial charge is 0.229 e. The zero-order chi connectivity index (χ0) is 23.9. The van der Waals surface area contributed by atoms with Crippen molar-refractivity contribution in [2.75, 3.05) is 15.9 Å². The standard InChI is InChI=1S/C24H29N5O2S2/c1-15(2)28-16(3)14-20(17(28)4)23-22(21-8-6-7-13-25-21)26-24(32)29(23)19-11-9-18(10-12-19)27-33(5,30)31/h6-15,22-23,27H,1-5H3,(H,26,32). The van der Waals surface area contributed by atoms with Crippen LogP contribution in [-0.2, 0) is 10.0 Å². The summed E-state index contributed by atoms with van der Waals surface area (Å²) >= 11 is 5.80. The van der Waals surface area contributed by atoms with Crippen LogP contribution in [0.1, 0.15) is 54.6 Å². The van der Waals surface area contributed by atoms with Gasteiger partial charge in [0.15, 0.2) is 5.11 Å². The first kappa shape index (κ1) is 23.3. The second kappa shape index (κ2) is 8.79. The number of aryl methyl sites for hydroxylation is 1. The molecule has 174 valence electrons. The largest absolute Gasteiger partial charge is 0.351 e. The van der Waals surface area contributed by atoms with Crippen molar-refractivity contribution in [1.29, 1.82) is 0 Å². The van der Waals surface area contributed by atoms with E-state index in [1.807, 2.05) is 30.3 Å². The number of benzene rings is 1. The lowest BCUT2D eigenvalue weighted by Gasteiger charge is -2.28. The Labute approximate surface area is 200 Å². The number of sulfonamides is 1. The van der Waals surface area contributed by atoms with E-state index in [4.69, 9.17) is 12.2 Å². The highest BCUT2D eigenvalue weighted by Gasteiger charge is 2.42. The Morgan fingerprint density at radius 3 is 2.36 bits per heavy atom. The van der Waals surface area contributed by atoms with Crippen LogP contribution >= 0.6 is 12.2 Å². The van der Waals surface area contributed by atoms with Crippen LogP contribution in [0.4, 0.5) is 11.4 Å². The highest BCUT2D eigenvalue weighted by Crippen LogP contribution is 2.43. The molecule has 9 heteroatoms. The van der Waals surface area contributed by atoms with Crippen molar-refractivity contribution >= 4 is 38.7 Å². The number of anilines is 2. The number of pyridine rings is 1. The third-order valence-corrected chi connectivity index (χ3v) is 6.83. The molecule has 1 aliphatic heterocycles. The summed E-state index contributed by atoms with van der Waals surface area (Å²) in [7, 11) is -3.35. The maximum atomic E-state index is 11.6. The molecule has 33 heavy (non-hydrogen) atoms. The predicted molar refractivity (Wildman–Crippen MR) is 137 cm³/mol. The molecule has 2 unspecified atom stereocenters. The normalized spacial score (nSPS) is 18.6. The number of aromatic nitrogens is 2. The maximum absolute atomic E-state index is 11.6. The Kier molecular flexibility index (Phi) is 6.20. The minimum absolute atomic E-state index is 0.111. The molecule has 1 aliphatic rings. The quantitative estimate of drug-likeness (QED) is 0.498. The summed E-state index contributed by atoms with van der Waals surface area (Å²) in [6.07, 6.45) is 2.93. The Hall–Kier alpha value is -2.91. The lowest BCUT2D eigenvalue weighted by atomic mass is 9.96. The molecule has 0 amide bonds. The minimum Gasteiger partial charge on any atom is -0.351 e. The van der Waals surface area contributed by atoms with Gasteiger partial charge in [-0.05, 0) is 87.9 Å². The van der Waals surface area contributed by atoms with E-state index in [-0.39, 0.29) is 12.1 Å². The van der Waals surface area contributed by atoms with Gasteiger partial charge in [-0.2, -0.15) is 0 Å². The number of nitrogens with one attached hydrogen (secondary N) is 2. The SMILES string of the molecule is Cc1cc(C2C(c3ccccn3)NC(=S)N2c2ccc(NS(C)(=O)=O)cc2)c(C)n1C(C)C. The first-order chi connectivity index (χ1) is 15.6. The fraction of sp³-hybridized carbons (Fsp3) is 0.333. The molecule has 0 aliphatic carbocycles. The van der Waals surface area contributed by atoms with E-state index < -0.39 is 10.0 Å². The van der Waals surface area contributed by atoms with Gasteiger partial charge in [-0.15, -0.1) is 0 Å². The van der Waals surface area contributed by atoms with Gasteiger partial charge in [0.1, 0.15) is 0 Å². The molecule has 2 aromatic heterocycles. The number of rotatable bonds is 6. The lowest BCUT2D eigenvalue weighted by Crippen LogP contribution is -2.29. The van der Waals surface area contributed by atoms with Gasteiger partial charge in [0.05, 0.1) is 24.0 Å². The van der Waals surface area contributed by atoms with Crippen molar-refractivity contribution in [2.24, 2.45) is 0 Å². The molecule has 1 fully saturated rings. The fourth-order valence-electron chi connectivity index (χ4n) is 4.75. The summed E-state index contributed by atoms with van der Waals surface area (Å²) < 4.78 is 28.0. The summed E-state index contributed by atoms with van der Waals surface area (Å²) in [5, 5.41) is 4.08. The third-order valence-electron chi connectivity index (χ3n) is 5.91. The van der Waals surface area contributed by atoms with Gasteiger partial charge in [0.25, 0.3) is 0 Å². The summed E-state index contributed by atoms with van der Waals surface area (Å²) in [5.74, 6) is 0. The topological polar surface area (TPSA) is 79.3 Å². The van der Waals surface area contributed by atoms with Crippen LogP contribution < -0.4 is 14.9 Å². The predicted octanol–water partition coefficient (Wildman–Crippen LogP) is 4.63. The summed E-state index contributed by atoms with van der Waals surface area (Å²) in [6, 6.07) is 15.5. The van der Waals surface area contributed by atoms with Crippen molar-refractivity contribution in [3.05, 3.63) is 77.4 Å². The molecular weight excluding hydrogens is 454 g/mol. The molecule has 2 N–H and O–H groups in total. The molecule has 0 bridgehead atoms. The van der Waals surface area contributed by atoms with E-state index in [9.17, 15) is 8.42 Å². The molecule has 3 heterocycles. The Morgan fingerprint density at radius 1 is 1.12 bits per heavy atom. The van der Waals surface area contributed by atoms with Crippen LogP contribution in [0.25, 0.3) is 0 Å². The Bertz CT molecular complexity index is 1270. The summed E-state index contributed by atoms with van der Waals surface area (Å²) in [5.41, 5.74) is 5.88. The van der Waals surface area contributed by atoms with Gasteiger partial charge in [-0.25, -0.2) is 8.42 Å². The highest BCUT2D eigenvalue weighted by molar-refractivity contribution is 7.92. The molecule has 4 rings (SSSR count). The van der Waals surface area contributed by atoms with E-state index in [0.717, 1.165) is 17.6 Å². The Balaban J connectivity index is 1.82. The Morgan fingerprint density at radius 2 is 1.82 bits per heavy atom. The average Bonchev–Trinajstić information content (AvgIpc) is 3.23. The summed E-state index contributed by atoms with van der Waals surface area (Å²) in [6.45, 7) is 8.64. The van der Waals surface area contributed by atoms with E-state index in [0.29, 0.717) is 16.8 Å². The second-order valence-corrected chi connectivity index (χ2v) is 10.8. The zero-order valence-electron chi connectivity index (χ0n) is 19.4. The fourth-order valence-corrected chi connectivity index (χ4v) is 5.66. The van der Waals surface area contributed by atoms with Crippen molar-refractivity contribution in [2.45, 2.75) is 45.8 Å². The van der Waals surface area contributed by atoms with Crippen LogP contribution in [0.2, 0.25) is 0 Å². The first-order valence-electron chi connectivity index (χ1n) is 10.8. The van der Waals surface area contributed by atoms with Crippen molar-refractivity contribution in [3.8, 4) is 0 Å². The monoisotopic (exact) mass is 483 g/mol. The van der Waals surface area contributed by atoms with Gasteiger partial charge in [-0.1, -0.05) is 6.07 Å². The average molecular weight is 484 g/mol. The van der Waals surface area contributed by atoms with Crippen molar-refractivity contribution in [1.82, 2.24) is 14.9 Å². The molecule has 0 spiro atoms. The van der Waals surface area contributed by atoms with Crippen LogP contribution in [0.15, 0.2) is 54.7 Å². The van der Waals surface area contributed by atoms with E-state index in [1.165, 1.54) is 17.0 Å². The van der Waals surface area contributed by atoms with Crippen LogP contribution in [0, 0.1) is 13.8 Å². The van der Waals surface area contributed by atoms with Gasteiger partial charge < -0.3 is 14.8 Å². The van der Waals surface area contributed by atoms with Crippen molar-refractivity contribution in [3.63, 3.8) is 0 Å². The van der Waals surface area contributed by atoms with Crippen LogP contribution in [0.5, 0.6) is 0 Å². The zero-order valence-corrected chi connectivity index (χ0v) is 21.0. The van der Waals surface area contributed by atoms with E-state index in [1.54, 1.807) is 18.3 Å². The maximum Gasteiger partial charge on any atom is 0.229 e. The van der Waals surface area contributed by atoms with Crippen LogP contribution in [0.3, 0.4) is 0 Å². The van der Waals surface area contributed by atoms with E-state index in [2.05, 4.69) is 58.3 Å². The molecule has 0 radical (unpaired) electrons. The molecule has 2 atom stereocenters. The third kappa shape index (κ3) is 4.60. The molecule has 3 aromatic rings. The van der Waals surface area contributed by atoms with Gasteiger partial charge in [0.2, 0.25) is 10.0 Å². The van der Waals surface area contributed by atoms with Crippen molar-refractivity contribution < 1.29 is 8.42 Å². The van der Waals surface area contributed by atoms with Crippen LogP contribution in [-0.4, -0.2) is 29.3 Å². The lowest BCUT2D eigenvalue weighted by molar-refractivity contribution is 0.547. The molecule has 1 saturated heterocycles. The van der Waals surface area contributed by atoms with Gasteiger partial charge in [0, 0.05) is 35.0 Å². The molecule has 1 aromatic carbocycles. The number of thiocarbonyl (C=S) groups is 1. The highest BCUT2D eigenvalue weighted by atomic mass is 32.2. The number of hydrogen-bond acceptors (Lipinski definition) is 4. The van der Waals surface area contributed by atoms with Gasteiger partial charge >= 0.3 is 0 Å². The molecular formula is C24H29N5O2S2. The first-order valence-corrected chi connectivity index (χ1v) is 13.1.